The van der Waals surface area contributed by atoms with Crippen LogP contribution in [0.1, 0.15) is 20.3 Å². The Labute approximate surface area is 87.0 Å². The average molecular weight is 212 g/mol. The molecule has 0 saturated carbocycles. The molecule has 0 saturated heterocycles. The average Bonchev–Trinajstić information content (AvgIpc) is 2.42. The van der Waals surface area contributed by atoms with Crippen LogP contribution in [-0.2, 0) is 19.1 Å². The number of aliphatic hydroxyl groups excluding tert-OH is 1. The Bertz CT molecular complexity index is 351. The van der Waals surface area contributed by atoms with E-state index < -0.39 is 17.7 Å². The Balaban J connectivity index is 2.89. The zero-order valence-electron chi connectivity index (χ0n) is 8.57. The molecule has 0 aromatic rings. The molecular formula is C10H12O5. The van der Waals surface area contributed by atoms with Crippen LogP contribution in [0.4, 0.5) is 0 Å². The number of aliphatic hydroxyl groups is 1. The molecule has 82 valence electrons. The Kier molecular flexibility index (Phi) is 3.49. The number of ether oxygens (including phenoxy) is 2. The number of carbonyl (C=O) groups is 2. The minimum atomic E-state index is -0.831. The van der Waals surface area contributed by atoms with Crippen LogP contribution in [-0.4, -0.2) is 23.7 Å². The van der Waals surface area contributed by atoms with Gasteiger partial charge in [-0.1, -0.05) is 6.92 Å². The summed E-state index contributed by atoms with van der Waals surface area (Å²) in [5.41, 5.74) is 0.327. The Morgan fingerprint density at radius 2 is 2.20 bits per heavy atom. The molecule has 0 bridgehead atoms. The lowest BCUT2D eigenvalue weighted by atomic mass is 10.1. The number of carbonyl (C=O) groups excluding carboxylic acids is 2. The van der Waals surface area contributed by atoms with E-state index in [2.05, 4.69) is 4.74 Å². The van der Waals surface area contributed by atoms with Gasteiger partial charge in [-0.05, 0) is 13.3 Å². The number of cyclic esters (lactones) is 1. The zero-order valence-corrected chi connectivity index (χ0v) is 8.57. The van der Waals surface area contributed by atoms with Crippen LogP contribution < -0.4 is 0 Å². The van der Waals surface area contributed by atoms with Crippen LogP contribution in [0.25, 0.3) is 0 Å². The molecule has 1 aliphatic heterocycles. The Morgan fingerprint density at radius 3 is 2.73 bits per heavy atom. The van der Waals surface area contributed by atoms with Crippen molar-refractivity contribution in [3.63, 3.8) is 0 Å². The number of rotatable bonds is 3. The van der Waals surface area contributed by atoms with Gasteiger partial charge in [-0.2, -0.15) is 0 Å². The van der Waals surface area contributed by atoms with Gasteiger partial charge in [0.2, 0.25) is 5.76 Å². The number of esters is 2. The highest BCUT2D eigenvalue weighted by Gasteiger charge is 2.29. The zero-order chi connectivity index (χ0) is 11.4. The Hall–Kier alpha value is -1.78. The van der Waals surface area contributed by atoms with Crippen molar-refractivity contribution < 1.29 is 24.2 Å². The quantitative estimate of drug-likeness (QED) is 0.562. The molecule has 0 fully saturated rings. The van der Waals surface area contributed by atoms with E-state index >= 15 is 0 Å². The second-order valence-electron chi connectivity index (χ2n) is 2.83. The first-order valence-corrected chi connectivity index (χ1v) is 4.63. The fraction of sp³-hybridized carbons (Fsp3) is 0.400. The van der Waals surface area contributed by atoms with Gasteiger partial charge < -0.3 is 14.6 Å². The normalized spacial score (nSPS) is 18.3. The van der Waals surface area contributed by atoms with Crippen molar-refractivity contribution in [1.82, 2.24) is 0 Å². The van der Waals surface area contributed by atoms with E-state index in [1.54, 1.807) is 13.8 Å². The van der Waals surface area contributed by atoms with E-state index in [0.717, 1.165) is 6.08 Å². The lowest BCUT2D eigenvalue weighted by molar-refractivity contribution is -0.137. The number of hydrogen-bond donors (Lipinski definition) is 1. The summed E-state index contributed by atoms with van der Waals surface area (Å²) in [6.07, 6.45) is 1.46. The van der Waals surface area contributed by atoms with E-state index in [9.17, 15) is 14.7 Å². The van der Waals surface area contributed by atoms with Gasteiger partial charge >= 0.3 is 11.9 Å². The summed E-state index contributed by atoms with van der Waals surface area (Å²) in [5.74, 6) is -1.80. The van der Waals surface area contributed by atoms with Crippen molar-refractivity contribution in [2.45, 2.75) is 20.3 Å². The van der Waals surface area contributed by atoms with Crippen LogP contribution >= 0.6 is 0 Å². The molecule has 0 amide bonds. The molecule has 0 atom stereocenters. The van der Waals surface area contributed by atoms with Crippen molar-refractivity contribution in [3.05, 3.63) is 23.2 Å². The predicted octanol–water partition coefficient (Wildman–Crippen LogP) is 1.21. The van der Waals surface area contributed by atoms with Gasteiger partial charge in [-0.15, -0.1) is 0 Å². The molecule has 0 spiro atoms. The van der Waals surface area contributed by atoms with Gasteiger partial charge in [-0.25, -0.2) is 9.59 Å². The molecule has 5 nitrogen and oxygen atoms in total. The van der Waals surface area contributed by atoms with Crippen molar-refractivity contribution in [1.29, 1.82) is 0 Å². The monoisotopic (exact) mass is 212 g/mol. The maximum Gasteiger partial charge on any atom is 0.379 e. The topological polar surface area (TPSA) is 72.8 Å². The molecule has 0 aromatic heterocycles. The van der Waals surface area contributed by atoms with Crippen molar-refractivity contribution in [3.8, 4) is 0 Å². The van der Waals surface area contributed by atoms with Crippen LogP contribution in [0, 0.1) is 0 Å². The molecule has 1 rings (SSSR count). The van der Waals surface area contributed by atoms with E-state index in [1.165, 1.54) is 0 Å². The molecule has 1 N–H and O–H groups in total. The maximum atomic E-state index is 11.1. The molecule has 0 radical (unpaired) electrons. The fourth-order valence-electron chi connectivity index (χ4n) is 1.20. The van der Waals surface area contributed by atoms with Gasteiger partial charge in [0.05, 0.1) is 12.7 Å². The van der Waals surface area contributed by atoms with E-state index in [-0.39, 0.29) is 12.4 Å². The minimum Gasteiger partial charge on any atom is -0.502 e. The van der Waals surface area contributed by atoms with Gasteiger partial charge in [0, 0.05) is 5.57 Å². The molecular weight excluding hydrogens is 200 g/mol. The van der Waals surface area contributed by atoms with Crippen LogP contribution in [0.2, 0.25) is 0 Å². The third-order valence-corrected chi connectivity index (χ3v) is 1.87. The summed E-state index contributed by atoms with van der Waals surface area (Å²) >= 11 is 0. The van der Waals surface area contributed by atoms with E-state index in [0.29, 0.717) is 12.0 Å². The standard InChI is InChI=1S/C10H12O5/c1-3-6-7(5-8(11)14-4-2)15-10(13)9(6)12/h5,12H,3-4H2,1-2H3/b7-5+. The number of hydrogen-bond acceptors (Lipinski definition) is 5. The molecule has 1 heterocycles. The van der Waals surface area contributed by atoms with Gasteiger partial charge in [0.25, 0.3) is 0 Å². The summed E-state index contributed by atoms with van der Waals surface area (Å²) in [5, 5.41) is 9.28. The highest BCUT2D eigenvalue weighted by molar-refractivity contribution is 5.94. The summed E-state index contributed by atoms with van der Waals surface area (Å²) in [6.45, 7) is 3.66. The van der Waals surface area contributed by atoms with Crippen molar-refractivity contribution in [2.75, 3.05) is 6.61 Å². The fourth-order valence-corrected chi connectivity index (χ4v) is 1.20. The third kappa shape index (κ3) is 2.37. The highest BCUT2D eigenvalue weighted by atomic mass is 16.6. The maximum absolute atomic E-state index is 11.1. The lowest BCUT2D eigenvalue weighted by Crippen LogP contribution is -2.02. The molecule has 0 aromatic carbocycles. The second-order valence-corrected chi connectivity index (χ2v) is 2.83. The van der Waals surface area contributed by atoms with E-state index in [1.807, 2.05) is 0 Å². The van der Waals surface area contributed by atoms with Crippen molar-refractivity contribution >= 4 is 11.9 Å². The van der Waals surface area contributed by atoms with Crippen LogP contribution in [0.15, 0.2) is 23.2 Å². The van der Waals surface area contributed by atoms with Crippen molar-refractivity contribution in [2.24, 2.45) is 0 Å². The van der Waals surface area contributed by atoms with E-state index in [4.69, 9.17) is 4.74 Å². The molecule has 1 aliphatic rings. The summed E-state index contributed by atoms with van der Waals surface area (Å²) < 4.78 is 9.35. The molecule has 0 aliphatic carbocycles. The summed E-state index contributed by atoms with van der Waals surface area (Å²) in [6, 6.07) is 0. The molecule has 5 heteroatoms. The first kappa shape index (κ1) is 11.3. The van der Waals surface area contributed by atoms with Gasteiger partial charge in [0.1, 0.15) is 5.76 Å². The largest absolute Gasteiger partial charge is 0.502 e. The minimum absolute atomic E-state index is 0.0680. The molecule has 0 unspecified atom stereocenters. The first-order chi connectivity index (χ1) is 7.10. The van der Waals surface area contributed by atoms with Gasteiger partial charge in [-0.3, -0.25) is 0 Å². The Morgan fingerprint density at radius 1 is 1.53 bits per heavy atom. The first-order valence-electron chi connectivity index (χ1n) is 4.63. The van der Waals surface area contributed by atoms with Crippen LogP contribution in [0.5, 0.6) is 0 Å². The summed E-state index contributed by atoms with van der Waals surface area (Å²) in [7, 11) is 0. The lowest BCUT2D eigenvalue weighted by Gasteiger charge is -2.00. The third-order valence-electron chi connectivity index (χ3n) is 1.87. The summed E-state index contributed by atoms with van der Waals surface area (Å²) in [4.78, 5) is 22.0. The van der Waals surface area contributed by atoms with Gasteiger partial charge in [0.15, 0.2) is 0 Å². The highest BCUT2D eigenvalue weighted by Crippen LogP contribution is 2.26. The molecule has 15 heavy (non-hydrogen) atoms. The smallest absolute Gasteiger partial charge is 0.379 e. The SMILES string of the molecule is CCOC(=O)/C=C1/OC(=O)C(O)=C1CC. The predicted molar refractivity (Wildman–Crippen MR) is 50.8 cm³/mol. The van der Waals surface area contributed by atoms with Crippen LogP contribution in [0.3, 0.4) is 0 Å². The number of allylic oxidation sites excluding steroid dienone is 1. The second kappa shape index (κ2) is 4.63.